The third-order valence-electron chi connectivity index (χ3n) is 2.78. The molecule has 0 spiro atoms. The van der Waals surface area contributed by atoms with Gasteiger partial charge in [0, 0.05) is 11.9 Å². The van der Waals surface area contributed by atoms with E-state index in [1.807, 2.05) is 0 Å². The van der Waals surface area contributed by atoms with Gasteiger partial charge >= 0.3 is 6.09 Å². The van der Waals surface area contributed by atoms with Crippen molar-refractivity contribution in [2.24, 2.45) is 0 Å². The van der Waals surface area contributed by atoms with Gasteiger partial charge in [0.2, 0.25) is 0 Å². The van der Waals surface area contributed by atoms with Crippen LogP contribution in [0.15, 0.2) is 18.2 Å². The highest BCUT2D eigenvalue weighted by atomic mass is 32.2. The van der Waals surface area contributed by atoms with E-state index in [9.17, 15) is 13.2 Å². The van der Waals surface area contributed by atoms with Gasteiger partial charge < -0.3 is 15.8 Å². The van der Waals surface area contributed by atoms with Crippen LogP contribution in [0.5, 0.6) is 0 Å². The van der Waals surface area contributed by atoms with Crippen molar-refractivity contribution in [1.82, 2.24) is 5.32 Å². The Morgan fingerprint density at radius 1 is 1.36 bits per heavy atom. The number of hydrogen-bond donors (Lipinski definition) is 2. The second-order valence-corrected chi connectivity index (χ2v) is 8.54. The average molecular weight is 328 g/mol. The number of nitrogens with two attached hydrogens (primary N) is 1. The molecule has 0 aliphatic heterocycles. The topological polar surface area (TPSA) is 98.5 Å². The van der Waals surface area contributed by atoms with E-state index in [-0.39, 0.29) is 5.75 Å². The fourth-order valence-corrected chi connectivity index (χ4v) is 2.83. The normalized spacial score (nSPS) is 13.5. The van der Waals surface area contributed by atoms with E-state index in [0.717, 1.165) is 6.26 Å². The van der Waals surface area contributed by atoms with Gasteiger partial charge in [0.15, 0.2) is 9.84 Å². The number of ether oxygens (including phenoxy) is 1. The molecule has 6 nitrogen and oxygen atoms in total. The van der Waals surface area contributed by atoms with Gasteiger partial charge in [0.1, 0.15) is 5.60 Å². The van der Waals surface area contributed by atoms with E-state index in [1.165, 1.54) is 0 Å². The van der Waals surface area contributed by atoms with Crippen LogP contribution in [0.3, 0.4) is 0 Å². The first kappa shape index (κ1) is 18.3. The number of alkyl carbamates (subject to hydrolysis) is 1. The molecule has 0 saturated carbocycles. The van der Waals surface area contributed by atoms with Gasteiger partial charge in [-0.1, -0.05) is 6.07 Å². The summed E-state index contributed by atoms with van der Waals surface area (Å²) in [5.41, 5.74) is 6.88. The van der Waals surface area contributed by atoms with E-state index in [4.69, 9.17) is 10.5 Å². The Bertz CT molecular complexity index is 648. The Hall–Kier alpha value is -1.76. The van der Waals surface area contributed by atoms with Crippen LogP contribution in [0, 0.1) is 0 Å². The Morgan fingerprint density at radius 2 is 1.95 bits per heavy atom. The van der Waals surface area contributed by atoms with Crippen LogP contribution in [0.2, 0.25) is 0 Å². The number of amides is 1. The van der Waals surface area contributed by atoms with E-state index in [0.29, 0.717) is 16.8 Å². The van der Waals surface area contributed by atoms with Crippen molar-refractivity contribution >= 4 is 21.6 Å². The van der Waals surface area contributed by atoms with Gasteiger partial charge in [-0.3, -0.25) is 0 Å². The third kappa shape index (κ3) is 6.34. The van der Waals surface area contributed by atoms with Crippen LogP contribution in [-0.4, -0.2) is 26.4 Å². The van der Waals surface area contributed by atoms with Crippen LogP contribution >= 0.6 is 0 Å². The predicted molar refractivity (Wildman–Crippen MR) is 87.2 cm³/mol. The Morgan fingerprint density at radius 3 is 2.45 bits per heavy atom. The zero-order valence-corrected chi connectivity index (χ0v) is 14.5. The highest BCUT2D eigenvalue weighted by Gasteiger charge is 2.20. The lowest BCUT2D eigenvalue weighted by Gasteiger charge is -2.23. The summed E-state index contributed by atoms with van der Waals surface area (Å²) in [5.74, 6) is -0.131. The second kappa shape index (κ2) is 6.56. The quantitative estimate of drug-likeness (QED) is 0.827. The number of sulfone groups is 1. The van der Waals surface area contributed by atoms with E-state index < -0.39 is 27.6 Å². The first-order valence-corrected chi connectivity index (χ1v) is 8.99. The molecule has 0 fully saturated rings. The molecule has 3 N–H and O–H groups in total. The zero-order chi connectivity index (χ0) is 17.1. The van der Waals surface area contributed by atoms with Crippen molar-refractivity contribution in [3.05, 3.63) is 29.3 Å². The summed E-state index contributed by atoms with van der Waals surface area (Å²) in [5, 5.41) is 2.70. The molecule has 1 rings (SSSR count). The third-order valence-corrected chi connectivity index (χ3v) is 3.62. The standard InChI is InChI=1S/C15H24N2O4S/c1-10(17-14(18)21-15(2,3)4)13-7-6-12(16)8-11(13)9-22(5,19)20/h6-8,10H,9,16H2,1-5H3,(H,17,18)/t10-/m1/s1. The molecular weight excluding hydrogens is 304 g/mol. The molecule has 0 bridgehead atoms. The molecular formula is C15H24N2O4S. The number of carbonyl (C=O) groups excluding carboxylic acids is 1. The maximum atomic E-state index is 11.8. The molecule has 0 unspecified atom stereocenters. The monoisotopic (exact) mass is 328 g/mol. The molecule has 0 heterocycles. The van der Waals surface area contributed by atoms with Crippen LogP contribution in [-0.2, 0) is 20.3 Å². The number of rotatable bonds is 4. The first-order valence-electron chi connectivity index (χ1n) is 6.93. The summed E-state index contributed by atoms with van der Waals surface area (Å²) in [7, 11) is -3.21. The van der Waals surface area contributed by atoms with Crippen molar-refractivity contribution in [2.75, 3.05) is 12.0 Å². The average Bonchev–Trinajstić information content (AvgIpc) is 2.23. The van der Waals surface area contributed by atoms with Crippen LogP contribution in [0.25, 0.3) is 0 Å². The lowest BCUT2D eigenvalue weighted by molar-refractivity contribution is 0.0508. The number of nitrogen functional groups attached to an aromatic ring is 1. The summed E-state index contributed by atoms with van der Waals surface area (Å²) in [6, 6.07) is 4.61. The highest BCUT2D eigenvalue weighted by Crippen LogP contribution is 2.23. The molecule has 1 amide bonds. The molecule has 1 atom stereocenters. The fraction of sp³-hybridized carbons (Fsp3) is 0.533. The van der Waals surface area contributed by atoms with Crippen LogP contribution < -0.4 is 11.1 Å². The van der Waals surface area contributed by atoms with Crippen LogP contribution in [0.1, 0.15) is 44.9 Å². The predicted octanol–water partition coefficient (Wildman–Crippen LogP) is 2.40. The lowest BCUT2D eigenvalue weighted by Crippen LogP contribution is -2.34. The fourth-order valence-electron chi connectivity index (χ4n) is 2.02. The van der Waals surface area contributed by atoms with Gasteiger partial charge in [0.05, 0.1) is 11.8 Å². The van der Waals surface area contributed by atoms with Crippen molar-refractivity contribution in [1.29, 1.82) is 0 Å². The molecule has 0 saturated heterocycles. The molecule has 0 radical (unpaired) electrons. The maximum absolute atomic E-state index is 11.8. The highest BCUT2D eigenvalue weighted by molar-refractivity contribution is 7.89. The molecule has 0 aliphatic carbocycles. The van der Waals surface area contributed by atoms with Gasteiger partial charge in [0.25, 0.3) is 0 Å². The van der Waals surface area contributed by atoms with Gasteiger partial charge in [-0.25, -0.2) is 13.2 Å². The molecule has 0 aromatic heterocycles. The van der Waals surface area contributed by atoms with Gasteiger partial charge in [-0.15, -0.1) is 0 Å². The number of benzene rings is 1. The van der Waals surface area contributed by atoms with Crippen molar-refractivity contribution < 1.29 is 17.9 Å². The van der Waals surface area contributed by atoms with E-state index in [1.54, 1.807) is 45.9 Å². The van der Waals surface area contributed by atoms with Crippen molar-refractivity contribution in [3.8, 4) is 0 Å². The summed E-state index contributed by atoms with van der Waals surface area (Å²) < 4.78 is 28.3. The number of nitrogens with one attached hydrogen (secondary N) is 1. The summed E-state index contributed by atoms with van der Waals surface area (Å²) in [6.45, 7) is 7.09. The number of anilines is 1. The second-order valence-electron chi connectivity index (χ2n) is 6.40. The smallest absolute Gasteiger partial charge is 0.408 e. The SMILES string of the molecule is C[C@@H](NC(=O)OC(C)(C)C)c1ccc(N)cc1CS(C)(=O)=O. The minimum atomic E-state index is -3.21. The number of carbonyl (C=O) groups is 1. The largest absolute Gasteiger partial charge is 0.444 e. The van der Waals surface area contributed by atoms with Crippen LogP contribution in [0.4, 0.5) is 10.5 Å². The molecule has 22 heavy (non-hydrogen) atoms. The lowest BCUT2D eigenvalue weighted by atomic mass is 10.0. The Labute approximate surface area is 132 Å². The molecule has 0 aliphatic rings. The van der Waals surface area contributed by atoms with E-state index in [2.05, 4.69) is 5.32 Å². The summed E-state index contributed by atoms with van der Waals surface area (Å²) >= 11 is 0. The molecule has 1 aromatic carbocycles. The summed E-state index contributed by atoms with van der Waals surface area (Å²) in [4.78, 5) is 11.8. The van der Waals surface area contributed by atoms with E-state index >= 15 is 0 Å². The number of hydrogen-bond acceptors (Lipinski definition) is 5. The Balaban J connectivity index is 2.98. The minimum absolute atomic E-state index is 0.131. The Kier molecular flexibility index (Phi) is 5.45. The first-order chi connectivity index (χ1) is 9.87. The molecule has 1 aromatic rings. The molecule has 124 valence electrons. The van der Waals surface area contributed by atoms with Crippen molar-refractivity contribution in [2.45, 2.75) is 45.1 Å². The minimum Gasteiger partial charge on any atom is -0.444 e. The van der Waals surface area contributed by atoms with Gasteiger partial charge in [-0.2, -0.15) is 0 Å². The molecule has 7 heteroatoms. The summed E-state index contributed by atoms with van der Waals surface area (Å²) in [6.07, 6.45) is 0.605. The van der Waals surface area contributed by atoms with Crippen molar-refractivity contribution in [3.63, 3.8) is 0 Å². The zero-order valence-electron chi connectivity index (χ0n) is 13.6. The maximum Gasteiger partial charge on any atom is 0.408 e. The van der Waals surface area contributed by atoms with Gasteiger partial charge in [-0.05, 0) is 51.0 Å².